The number of hydrogen-bond donors (Lipinski definition) is 1. The molecule has 88 valence electrons. The highest BCUT2D eigenvalue weighted by Crippen LogP contribution is 2.31. The number of hydrogen-bond acceptors (Lipinski definition) is 1. The van der Waals surface area contributed by atoms with Gasteiger partial charge in [0, 0.05) is 6.04 Å². The largest absolute Gasteiger partial charge is 0.314 e. The van der Waals surface area contributed by atoms with Crippen LogP contribution < -0.4 is 5.32 Å². The Bertz CT molecular complexity index is 190. The van der Waals surface area contributed by atoms with Crippen molar-refractivity contribution in [2.24, 2.45) is 17.8 Å². The van der Waals surface area contributed by atoms with Gasteiger partial charge in [0.2, 0.25) is 0 Å². The van der Waals surface area contributed by atoms with E-state index in [2.05, 4.69) is 19.2 Å². The molecule has 0 aromatic carbocycles. The van der Waals surface area contributed by atoms with E-state index >= 15 is 0 Å². The van der Waals surface area contributed by atoms with Crippen molar-refractivity contribution in [1.29, 1.82) is 0 Å². The molecule has 15 heavy (non-hydrogen) atoms. The van der Waals surface area contributed by atoms with Crippen molar-refractivity contribution in [3.63, 3.8) is 0 Å². The zero-order valence-electron chi connectivity index (χ0n) is 10.5. The zero-order chi connectivity index (χ0) is 10.7. The number of rotatable bonds is 3. The molecule has 0 aromatic heterocycles. The summed E-state index contributed by atoms with van der Waals surface area (Å²) >= 11 is 0. The van der Waals surface area contributed by atoms with E-state index in [4.69, 9.17) is 0 Å². The van der Waals surface area contributed by atoms with Crippen LogP contribution in [0.4, 0.5) is 0 Å². The van der Waals surface area contributed by atoms with Crippen LogP contribution in [0.3, 0.4) is 0 Å². The Morgan fingerprint density at radius 1 is 1.00 bits per heavy atom. The molecule has 0 bridgehead atoms. The first-order valence-electron chi connectivity index (χ1n) is 6.99. The predicted molar refractivity (Wildman–Crippen MR) is 65.9 cm³/mol. The maximum Gasteiger partial charge on any atom is 0.00697 e. The SMILES string of the molecule is CC1CCCC(NCC2CCCC2C)C1. The van der Waals surface area contributed by atoms with Gasteiger partial charge in [0.1, 0.15) is 0 Å². The molecule has 2 aliphatic carbocycles. The molecule has 0 spiro atoms. The Morgan fingerprint density at radius 3 is 2.47 bits per heavy atom. The second kappa shape index (κ2) is 5.34. The van der Waals surface area contributed by atoms with E-state index in [1.165, 1.54) is 51.5 Å². The summed E-state index contributed by atoms with van der Waals surface area (Å²) in [6, 6.07) is 0.835. The van der Waals surface area contributed by atoms with Crippen molar-refractivity contribution in [3.05, 3.63) is 0 Å². The summed E-state index contributed by atoms with van der Waals surface area (Å²) in [7, 11) is 0. The molecule has 0 amide bonds. The molecule has 4 unspecified atom stereocenters. The van der Waals surface area contributed by atoms with Gasteiger partial charge in [-0.1, -0.05) is 39.5 Å². The molecule has 0 radical (unpaired) electrons. The van der Waals surface area contributed by atoms with E-state index in [-0.39, 0.29) is 0 Å². The smallest absolute Gasteiger partial charge is 0.00697 e. The van der Waals surface area contributed by atoms with Crippen LogP contribution in [-0.4, -0.2) is 12.6 Å². The monoisotopic (exact) mass is 209 g/mol. The number of nitrogens with one attached hydrogen (secondary N) is 1. The topological polar surface area (TPSA) is 12.0 Å². The average molecular weight is 209 g/mol. The molecule has 2 rings (SSSR count). The van der Waals surface area contributed by atoms with Gasteiger partial charge in [-0.2, -0.15) is 0 Å². The van der Waals surface area contributed by atoms with Crippen LogP contribution in [0.5, 0.6) is 0 Å². The molecule has 2 fully saturated rings. The molecule has 0 saturated heterocycles. The average Bonchev–Trinajstić information content (AvgIpc) is 2.61. The van der Waals surface area contributed by atoms with E-state index in [1.807, 2.05) is 0 Å². The van der Waals surface area contributed by atoms with Gasteiger partial charge < -0.3 is 5.32 Å². The van der Waals surface area contributed by atoms with Gasteiger partial charge in [-0.25, -0.2) is 0 Å². The Hall–Kier alpha value is -0.0400. The summed E-state index contributed by atoms with van der Waals surface area (Å²) in [4.78, 5) is 0. The van der Waals surface area contributed by atoms with Gasteiger partial charge in [-0.15, -0.1) is 0 Å². The van der Waals surface area contributed by atoms with E-state index in [1.54, 1.807) is 0 Å². The van der Waals surface area contributed by atoms with Crippen molar-refractivity contribution in [1.82, 2.24) is 5.32 Å². The van der Waals surface area contributed by atoms with Gasteiger partial charge in [0.15, 0.2) is 0 Å². The fourth-order valence-electron chi connectivity index (χ4n) is 3.46. The lowest BCUT2D eigenvalue weighted by Crippen LogP contribution is -2.37. The van der Waals surface area contributed by atoms with Crippen LogP contribution in [0.2, 0.25) is 0 Å². The second-order valence-corrected chi connectivity index (χ2v) is 6.05. The minimum absolute atomic E-state index is 0.835. The van der Waals surface area contributed by atoms with E-state index in [9.17, 15) is 0 Å². The van der Waals surface area contributed by atoms with E-state index in [0.29, 0.717) is 0 Å². The van der Waals surface area contributed by atoms with Crippen LogP contribution >= 0.6 is 0 Å². The molecule has 2 aliphatic rings. The van der Waals surface area contributed by atoms with E-state index < -0.39 is 0 Å². The molecule has 2 saturated carbocycles. The summed E-state index contributed by atoms with van der Waals surface area (Å²) < 4.78 is 0. The zero-order valence-corrected chi connectivity index (χ0v) is 10.5. The maximum atomic E-state index is 3.82. The van der Waals surface area contributed by atoms with Crippen molar-refractivity contribution in [3.8, 4) is 0 Å². The van der Waals surface area contributed by atoms with Crippen LogP contribution in [0.25, 0.3) is 0 Å². The van der Waals surface area contributed by atoms with Crippen molar-refractivity contribution >= 4 is 0 Å². The highest BCUT2D eigenvalue weighted by atomic mass is 14.9. The summed E-state index contributed by atoms with van der Waals surface area (Å²) in [6.45, 7) is 6.13. The van der Waals surface area contributed by atoms with Crippen molar-refractivity contribution in [2.75, 3.05) is 6.54 Å². The molecule has 1 N–H and O–H groups in total. The third kappa shape index (κ3) is 3.21. The normalized spacial score (nSPS) is 42.0. The third-order valence-corrected chi connectivity index (χ3v) is 4.64. The van der Waals surface area contributed by atoms with Crippen LogP contribution in [0, 0.1) is 17.8 Å². The lowest BCUT2D eigenvalue weighted by molar-refractivity contribution is 0.278. The van der Waals surface area contributed by atoms with Crippen molar-refractivity contribution < 1.29 is 0 Å². The quantitative estimate of drug-likeness (QED) is 0.749. The lowest BCUT2D eigenvalue weighted by atomic mass is 9.86. The molecule has 1 nitrogen and oxygen atoms in total. The van der Waals surface area contributed by atoms with E-state index in [0.717, 1.165) is 23.8 Å². The predicted octanol–water partition coefficient (Wildman–Crippen LogP) is 3.59. The second-order valence-electron chi connectivity index (χ2n) is 6.05. The van der Waals surface area contributed by atoms with Gasteiger partial charge in [-0.05, 0) is 43.6 Å². The highest BCUT2D eigenvalue weighted by molar-refractivity contribution is 4.80. The van der Waals surface area contributed by atoms with Crippen LogP contribution in [-0.2, 0) is 0 Å². The minimum Gasteiger partial charge on any atom is -0.314 e. The van der Waals surface area contributed by atoms with Gasteiger partial charge >= 0.3 is 0 Å². The molecule has 1 heteroatoms. The third-order valence-electron chi connectivity index (χ3n) is 4.64. The Kier molecular flexibility index (Phi) is 4.07. The fourth-order valence-corrected chi connectivity index (χ4v) is 3.46. The van der Waals surface area contributed by atoms with Crippen molar-refractivity contribution in [2.45, 2.75) is 64.8 Å². The summed E-state index contributed by atoms with van der Waals surface area (Å²) in [5, 5.41) is 3.82. The minimum atomic E-state index is 0.835. The Morgan fingerprint density at radius 2 is 1.80 bits per heavy atom. The van der Waals surface area contributed by atoms with Gasteiger partial charge in [-0.3, -0.25) is 0 Å². The molecule has 0 aliphatic heterocycles. The summed E-state index contributed by atoms with van der Waals surface area (Å²) in [6.07, 6.45) is 10.1. The fraction of sp³-hybridized carbons (Fsp3) is 1.00. The Balaban J connectivity index is 1.68. The van der Waals surface area contributed by atoms with Crippen LogP contribution in [0.1, 0.15) is 58.8 Å². The van der Waals surface area contributed by atoms with Gasteiger partial charge in [0.05, 0.1) is 0 Å². The molecular weight excluding hydrogens is 182 g/mol. The first-order chi connectivity index (χ1) is 7.25. The lowest BCUT2D eigenvalue weighted by Gasteiger charge is -2.29. The van der Waals surface area contributed by atoms with Gasteiger partial charge in [0.25, 0.3) is 0 Å². The Labute approximate surface area is 95.0 Å². The standard InChI is InChI=1S/C14H27N/c1-11-5-3-8-14(9-11)15-10-13-7-4-6-12(13)2/h11-15H,3-10H2,1-2H3. The summed E-state index contributed by atoms with van der Waals surface area (Å²) in [5.41, 5.74) is 0. The first-order valence-corrected chi connectivity index (χ1v) is 6.99. The van der Waals surface area contributed by atoms with Crippen LogP contribution in [0.15, 0.2) is 0 Å². The molecular formula is C14H27N. The molecule has 4 atom stereocenters. The molecule has 0 heterocycles. The molecule has 0 aromatic rings. The first kappa shape index (κ1) is 11.4. The summed E-state index contributed by atoms with van der Waals surface area (Å²) in [5.74, 6) is 2.90. The highest BCUT2D eigenvalue weighted by Gasteiger charge is 2.25. The maximum absolute atomic E-state index is 3.82.